The van der Waals surface area contributed by atoms with Gasteiger partial charge in [0, 0.05) is 18.8 Å². The van der Waals surface area contributed by atoms with E-state index in [1.807, 2.05) is 47.0 Å². The van der Waals surface area contributed by atoms with Crippen LogP contribution in [0.25, 0.3) is 21.8 Å². The van der Waals surface area contributed by atoms with Gasteiger partial charge in [-0.2, -0.15) is 0 Å². The molecule has 0 saturated heterocycles. The summed E-state index contributed by atoms with van der Waals surface area (Å²) in [6.07, 6.45) is 0. The van der Waals surface area contributed by atoms with Gasteiger partial charge in [-0.3, -0.25) is 9.36 Å². The second kappa shape index (κ2) is 6.82. The predicted molar refractivity (Wildman–Crippen MR) is 120 cm³/mol. The number of para-hydroxylation sites is 1. The maximum absolute atomic E-state index is 13.7. The summed E-state index contributed by atoms with van der Waals surface area (Å²) in [7, 11) is 0. The first kappa shape index (κ1) is 17.7. The van der Waals surface area contributed by atoms with Gasteiger partial charge in [0.15, 0.2) is 0 Å². The third-order valence-electron chi connectivity index (χ3n) is 4.72. The van der Waals surface area contributed by atoms with Crippen LogP contribution in [-0.2, 0) is 0 Å². The highest BCUT2D eigenvalue weighted by Gasteiger charge is 2.22. The molecule has 0 saturated carbocycles. The Labute approximate surface area is 174 Å². The van der Waals surface area contributed by atoms with Crippen molar-refractivity contribution in [3.05, 3.63) is 79.8 Å². The predicted octanol–water partition coefficient (Wildman–Crippen LogP) is 6.97. The van der Waals surface area contributed by atoms with Gasteiger partial charge in [-0.05, 0) is 64.4 Å². The number of hydrogen-bond acceptors (Lipinski definition) is 1. The molecule has 0 amide bonds. The minimum atomic E-state index is 0.0345. The molecule has 1 heterocycles. The minimum Gasteiger partial charge on any atom is -0.276 e. The van der Waals surface area contributed by atoms with Crippen molar-refractivity contribution in [2.24, 2.45) is 0 Å². The quantitative estimate of drug-likeness (QED) is 0.263. The largest absolute Gasteiger partial charge is 0.276 e. The van der Waals surface area contributed by atoms with Gasteiger partial charge in [-0.15, -0.1) is 0 Å². The lowest BCUT2D eigenvalue weighted by atomic mass is 9.96. The summed E-state index contributed by atoms with van der Waals surface area (Å²) < 4.78 is 3.86. The molecule has 0 N–H and O–H groups in total. The molecule has 0 bridgehead atoms. The summed E-state index contributed by atoms with van der Waals surface area (Å²) in [6, 6.07) is 20.3. The second-order valence-corrected chi connectivity index (χ2v) is 8.76. The van der Waals surface area contributed by atoms with Crippen molar-refractivity contribution >= 4 is 66.2 Å². The van der Waals surface area contributed by atoms with Crippen molar-refractivity contribution in [2.45, 2.75) is 19.8 Å². The van der Waals surface area contributed by atoms with E-state index < -0.39 is 0 Å². The van der Waals surface area contributed by atoms with E-state index in [4.69, 9.17) is 0 Å². The zero-order valence-corrected chi connectivity index (χ0v) is 18.2. The van der Waals surface area contributed by atoms with Crippen LogP contribution in [0.3, 0.4) is 0 Å². The Morgan fingerprint density at radius 1 is 0.962 bits per heavy atom. The minimum absolute atomic E-state index is 0.0345. The van der Waals surface area contributed by atoms with Crippen LogP contribution in [0.5, 0.6) is 0 Å². The normalized spacial score (nSPS) is 11.6. The van der Waals surface area contributed by atoms with Crippen LogP contribution in [0.4, 0.5) is 0 Å². The van der Waals surface area contributed by atoms with Gasteiger partial charge in [-0.25, -0.2) is 0 Å². The van der Waals surface area contributed by atoms with Gasteiger partial charge in [0.05, 0.1) is 16.6 Å². The average molecular weight is 518 g/mol. The van der Waals surface area contributed by atoms with Crippen molar-refractivity contribution < 1.29 is 4.79 Å². The number of fused-ring (bicyclic) bond motifs is 3. The average Bonchev–Trinajstić information content (AvgIpc) is 2.94. The molecule has 26 heavy (non-hydrogen) atoms. The Morgan fingerprint density at radius 2 is 1.69 bits per heavy atom. The van der Waals surface area contributed by atoms with Gasteiger partial charge in [-0.1, -0.05) is 60.1 Å². The van der Waals surface area contributed by atoms with Crippen molar-refractivity contribution in [2.75, 3.05) is 0 Å². The molecule has 0 atom stereocenters. The Bertz CT molecular complexity index is 1160. The number of hydrogen-bond donors (Lipinski definition) is 0. The van der Waals surface area contributed by atoms with E-state index >= 15 is 0 Å². The molecule has 0 fully saturated rings. The summed E-state index contributed by atoms with van der Waals surface area (Å²) in [5.41, 5.74) is 3.77. The van der Waals surface area contributed by atoms with Crippen LogP contribution in [0.1, 0.15) is 35.7 Å². The Morgan fingerprint density at radius 3 is 2.46 bits per heavy atom. The van der Waals surface area contributed by atoms with E-state index in [2.05, 4.69) is 70.6 Å². The number of benzene rings is 3. The van der Waals surface area contributed by atoms with E-state index in [0.29, 0.717) is 0 Å². The Kier molecular flexibility index (Phi) is 4.65. The molecule has 0 radical (unpaired) electrons. The van der Waals surface area contributed by atoms with E-state index in [9.17, 15) is 4.79 Å². The molecule has 0 spiro atoms. The van der Waals surface area contributed by atoms with E-state index in [0.717, 1.165) is 41.0 Å². The molecule has 1 aromatic heterocycles. The van der Waals surface area contributed by atoms with Crippen LogP contribution in [0, 0.1) is 3.57 Å². The zero-order chi connectivity index (χ0) is 18.4. The monoisotopic (exact) mass is 517 g/mol. The highest BCUT2D eigenvalue weighted by molar-refractivity contribution is 14.1. The van der Waals surface area contributed by atoms with Crippen LogP contribution in [-0.4, -0.2) is 10.5 Å². The van der Waals surface area contributed by atoms with Crippen LogP contribution in [0.15, 0.2) is 65.1 Å². The molecule has 0 aliphatic rings. The second-order valence-electron chi connectivity index (χ2n) is 6.68. The topological polar surface area (TPSA) is 22.0 Å². The Balaban J connectivity index is 2.08. The number of carbonyl (C=O) groups excluding carboxylic acids is 1. The van der Waals surface area contributed by atoms with Crippen molar-refractivity contribution in [1.82, 2.24) is 4.57 Å². The molecular weight excluding hydrogens is 501 g/mol. The maximum atomic E-state index is 13.7. The van der Waals surface area contributed by atoms with E-state index in [1.54, 1.807) is 0 Å². The van der Waals surface area contributed by atoms with E-state index in [1.165, 1.54) is 0 Å². The first-order valence-corrected chi connectivity index (χ1v) is 10.4. The van der Waals surface area contributed by atoms with Gasteiger partial charge in [0.1, 0.15) is 0 Å². The van der Waals surface area contributed by atoms with Gasteiger partial charge >= 0.3 is 0 Å². The summed E-state index contributed by atoms with van der Waals surface area (Å²) in [4.78, 5) is 13.7. The molecule has 4 heteroatoms. The molecule has 4 rings (SSSR count). The molecule has 130 valence electrons. The lowest BCUT2D eigenvalue weighted by Gasteiger charge is -2.15. The fourth-order valence-electron chi connectivity index (χ4n) is 3.52. The van der Waals surface area contributed by atoms with Crippen molar-refractivity contribution in [1.29, 1.82) is 0 Å². The molecular formula is C22H17BrINO. The third kappa shape index (κ3) is 2.79. The number of rotatable bonds is 2. The van der Waals surface area contributed by atoms with Crippen LogP contribution < -0.4 is 0 Å². The lowest BCUT2D eigenvalue weighted by molar-refractivity contribution is 0.0967. The fraction of sp³-hybridized carbons (Fsp3) is 0.136. The third-order valence-corrected chi connectivity index (χ3v) is 6.11. The van der Waals surface area contributed by atoms with Gasteiger partial charge < -0.3 is 0 Å². The molecule has 4 aromatic rings. The number of aromatic nitrogens is 1. The molecule has 2 nitrogen and oxygen atoms in total. The highest BCUT2D eigenvalue weighted by atomic mass is 127. The zero-order valence-electron chi connectivity index (χ0n) is 14.5. The fourth-order valence-corrected chi connectivity index (χ4v) is 4.63. The van der Waals surface area contributed by atoms with Crippen molar-refractivity contribution in [3.63, 3.8) is 0 Å². The summed E-state index contributed by atoms with van der Waals surface area (Å²) in [5.74, 6) is 0.318. The first-order chi connectivity index (χ1) is 12.5. The summed E-state index contributed by atoms with van der Waals surface area (Å²) in [5, 5.41) is 2.18. The highest BCUT2D eigenvalue weighted by Crippen LogP contribution is 2.33. The van der Waals surface area contributed by atoms with Crippen LogP contribution >= 0.6 is 38.5 Å². The van der Waals surface area contributed by atoms with Crippen LogP contribution in [0.2, 0.25) is 0 Å². The maximum Gasteiger partial charge on any atom is 0.264 e. The van der Waals surface area contributed by atoms with Gasteiger partial charge in [0.2, 0.25) is 0 Å². The van der Waals surface area contributed by atoms with E-state index in [-0.39, 0.29) is 11.8 Å². The van der Waals surface area contributed by atoms with Gasteiger partial charge in [0.25, 0.3) is 5.91 Å². The lowest BCUT2D eigenvalue weighted by Crippen LogP contribution is -2.16. The SMILES string of the molecule is CC(C)c1cccc(I)c1C(=O)n1c2ccccc2c2cc(Br)ccc21. The summed E-state index contributed by atoms with van der Waals surface area (Å²) in [6.45, 7) is 4.26. The Hall–Kier alpha value is -1.66. The number of nitrogens with zero attached hydrogens (tertiary/aromatic N) is 1. The number of halogens is 2. The van der Waals surface area contributed by atoms with Crippen molar-refractivity contribution in [3.8, 4) is 0 Å². The first-order valence-electron chi connectivity index (χ1n) is 8.51. The molecule has 0 unspecified atom stereocenters. The number of carbonyl (C=O) groups is 1. The molecule has 0 aliphatic heterocycles. The smallest absolute Gasteiger partial charge is 0.264 e. The summed E-state index contributed by atoms with van der Waals surface area (Å²) >= 11 is 5.83. The molecule has 0 aliphatic carbocycles. The molecule has 3 aromatic carbocycles. The standard InChI is InChI=1S/C22H17BrINO/c1-13(2)15-7-5-8-18(24)21(15)22(26)25-19-9-4-3-6-16(19)17-12-14(23)10-11-20(17)25/h3-13H,1-2H3.